The zero-order chi connectivity index (χ0) is 23.5. The Bertz CT molecular complexity index is 1300. The molecule has 1 atom stereocenters. The first kappa shape index (κ1) is 22.3. The number of benzene rings is 2. The molecule has 7 heteroatoms. The summed E-state index contributed by atoms with van der Waals surface area (Å²) in [5, 5.41) is 9.63. The van der Waals surface area contributed by atoms with Crippen LogP contribution >= 0.6 is 11.8 Å². The van der Waals surface area contributed by atoms with E-state index >= 15 is 0 Å². The van der Waals surface area contributed by atoms with Gasteiger partial charge in [0, 0.05) is 25.0 Å². The number of aryl methyl sites for hydroxylation is 2. The quantitative estimate of drug-likeness (QED) is 0.360. The largest absolute Gasteiger partial charge is 0.338 e. The number of aromatic nitrogens is 4. The van der Waals surface area contributed by atoms with Gasteiger partial charge in [-0.1, -0.05) is 54.2 Å². The fourth-order valence-electron chi connectivity index (χ4n) is 4.61. The van der Waals surface area contributed by atoms with E-state index in [-0.39, 0.29) is 11.9 Å². The molecule has 1 aliphatic carbocycles. The van der Waals surface area contributed by atoms with Gasteiger partial charge >= 0.3 is 0 Å². The third-order valence-electron chi connectivity index (χ3n) is 6.43. The molecule has 34 heavy (non-hydrogen) atoms. The number of para-hydroxylation sites is 1. The number of carbonyl (C=O) groups is 1. The second-order valence-electron chi connectivity index (χ2n) is 8.57. The molecule has 0 saturated heterocycles. The molecule has 0 N–H and O–H groups in total. The van der Waals surface area contributed by atoms with Crippen molar-refractivity contribution < 1.29 is 4.79 Å². The first-order chi connectivity index (χ1) is 16.6. The van der Waals surface area contributed by atoms with Gasteiger partial charge in [-0.15, -0.1) is 10.2 Å². The average Bonchev–Trinajstić information content (AvgIpc) is 3.31. The number of thioether (sulfide) groups is 1. The highest BCUT2D eigenvalue weighted by molar-refractivity contribution is 7.99. The first-order valence-corrected chi connectivity index (χ1v) is 12.5. The predicted molar refractivity (Wildman–Crippen MR) is 135 cm³/mol. The minimum atomic E-state index is 0.0916. The van der Waals surface area contributed by atoms with Crippen LogP contribution in [-0.2, 0) is 11.2 Å². The third kappa shape index (κ3) is 4.35. The summed E-state index contributed by atoms with van der Waals surface area (Å²) in [6, 6.07) is 20.6. The fourth-order valence-corrected chi connectivity index (χ4v) is 5.48. The molecule has 0 bridgehead atoms. The number of hydrogen-bond acceptors (Lipinski definition) is 5. The Morgan fingerprint density at radius 1 is 1.09 bits per heavy atom. The van der Waals surface area contributed by atoms with Crippen molar-refractivity contribution in [3.05, 3.63) is 89.7 Å². The molecule has 0 unspecified atom stereocenters. The molecule has 6 nitrogen and oxygen atoms in total. The summed E-state index contributed by atoms with van der Waals surface area (Å²) in [6.45, 7) is 2.07. The Balaban J connectivity index is 1.41. The standard InChI is InChI=1S/C27H27N5OS/c1-19-9-3-6-14-23(19)32-26(21-12-8-16-28-17-21)29-30-27(32)34-18-25(33)31(2)24-15-7-11-20-10-4-5-13-22(20)24/h3-6,8-10,12-14,16-17,24H,7,11,15,18H2,1-2H3/t24-/m0/s1. The third-order valence-corrected chi connectivity index (χ3v) is 7.35. The van der Waals surface area contributed by atoms with E-state index in [1.54, 1.807) is 12.4 Å². The number of hydrogen-bond donors (Lipinski definition) is 0. The van der Waals surface area contributed by atoms with Crippen molar-refractivity contribution in [1.82, 2.24) is 24.6 Å². The van der Waals surface area contributed by atoms with Gasteiger partial charge in [0.15, 0.2) is 11.0 Å². The van der Waals surface area contributed by atoms with E-state index in [9.17, 15) is 4.79 Å². The minimum Gasteiger partial charge on any atom is -0.338 e. The van der Waals surface area contributed by atoms with Crippen molar-refractivity contribution in [1.29, 1.82) is 0 Å². The zero-order valence-corrected chi connectivity index (χ0v) is 20.2. The molecule has 0 radical (unpaired) electrons. The van der Waals surface area contributed by atoms with Gasteiger partial charge in [-0.25, -0.2) is 0 Å². The number of amides is 1. The summed E-state index contributed by atoms with van der Waals surface area (Å²) in [7, 11) is 1.92. The molecule has 172 valence electrons. The van der Waals surface area contributed by atoms with Crippen molar-refractivity contribution in [3.8, 4) is 17.1 Å². The van der Waals surface area contributed by atoms with Crippen LogP contribution in [0, 0.1) is 6.92 Å². The van der Waals surface area contributed by atoms with Crippen molar-refractivity contribution >= 4 is 17.7 Å². The Kier molecular flexibility index (Phi) is 6.45. The molecule has 0 saturated carbocycles. The van der Waals surface area contributed by atoms with Gasteiger partial charge in [0.05, 0.1) is 17.5 Å². The van der Waals surface area contributed by atoms with Crippen LogP contribution in [0.1, 0.15) is 35.6 Å². The minimum absolute atomic E-state index is 0.0916. The highest BCUT2D eigenvalue weighted by Gasteiger charge is 2.27. The maximum Gasteiger partial charge on any atom is 0.233 e. The van der Waals surface area contributed by atoms with Crippen molar-refractivity contribution in [3.63, 3.8) is 0 Å². The number of pyridine rings is 1. The summed E-state index contributed by atoms with van der Waals surface area (Å²) >= 11 is 1.43. The monoisotopic (exact) mass is 469 g/mol. The number of nitrogens with zero attached hydrogens (tertiary/aromatic N) is 5. The fraction of sp³-hybridized carbons (Fsp3) is 0.259. The number of fused-ring (bicyclic) bond motifs is 1. The van der Waals surface area contributed by atoms with Gasteiger partial charge in [0.1, 0.15) is 0 Å². The summed E-state index contributed by atoms with van der Waals surface area (Å²) < 4.78 is 2.03. The summed E-state index contributed by atoms with van der Waals surface area (Å²) in [5.41, 5.74) is 5.61. The maximum absolute atomic E-state index is 13.3. The molecule has 2 aromatic heterocycles. The number of rotatable bonds is 6. The van der Waals surface area contributed by atoms with Gasteiger partial charge in [-0.2, -0.15) is 0 Å². The van der Waals surface area contributed by atoms with Crippen LogP contribution in [0.15, 0.2) is 78.2 Å². The lowest BCUT2D eigenvalue weighted by molar-refractivity contribution is -0.129. The van der Waals surface area contributed by atoms with Gasteiger partial charge in [0.2, 0.25) is 5.91 Å². The molecule has 0 aliphatic heterocycles. The zero-order valence-electron chi connectivity index (χ0n) is 19.4. The highest BCUT2D eigenvalue weighted by Crippen LogP contribution is 2.34. The molecular formula is C27H27N5OS. The molecule has 2 aromatic carbocycles. The van der Waals surface area contributed by atoms with E-state index in [1.807, 2.05) is 40.8 Å². The molecule has 4 aromatic rings. The molecule has 5 rings (SSSR count). The van der Waals surface area contributed by atoms with E-state index in [0.29, 0.717) is 16.7 Å². The summed E-state index contributed by atoms with van der Waals surface area (Å²) in [6.07, 6.45) is 6.70. The molecule has 0 spiro atoms. The Morgan fingerprint density at radius 3 is 2.74 bits per heavy atom. The van der Waals surface area contributed by atoms with Crippen molar-refractivity contribution in [2.45, 2.75) is 37.4 Å². The Morgan fingerprint density at radius 2 is 1.91 bits per heavy atom. The van der Waals surface area contributed by atoms with Crippen LogP contribution in [-0.4, -0.2) is 43.4 Å². The van der Waals surface area contributed by atoms with E-state index in [0.717, 1.165) is 36.1 Å². The molecule has 0 fully saturated rings. The second kappa shape index (κ2) is 9.81. The van der Waals surface area contributed by atoms with Crippen LogP contribution in [0.5, 0.6) is 0 Å². The van der Waals surface area contributed by atoms with Crippen LogP contribution < -0.4 is 0 Å². The van der Waals surface area contributed by atoms with Crippen LogP contribution in [0.25, 0.3) is 17.1 Å². The molecule has 2 heterocycles. The van der Waals surface area contributed by atoms with Gasteiger partial charge < -0.3 is 4.90 Å². The average molecular weight is 470 g/mol. The summed E-state index contributed by atoms with van der Waals surface area (Å²) in [5.74, 6) is 1.10. The Hall–Kier alpha value is -3.45. The van der Waals surface area contributed by atoms with E-state index in [4.69, 9.17) is 0 Å². The SMILES string of the molecule is Cc1ccccc1-n1c(SCC(=O)N(C)[C@H]2CCCc3ccccc32)nnc1-c1cccnc1. The van der Waals surface area contributed by atoms with E-state index < -0.39 is 0 Å². The summed E-state index contributed by atoms with van der Waals surface area (Å²) in [4.78, 5) is 19.4. The predicted octanol–water partition coefficient (Wildman–Crippen LogP) is 5.27. The van der Waals surface area contributed by atoms with Crippen LogP contribution in [0.2, 0.25) is 0 Å². The first-order valence-electron chi connectivity index (χ1n) is 11.5. The second-order valence-corrected chi connectivity index (χ2v) is 9.51. The van der Waals surface area contributed by atoms with Crippen LogP contribution in [0.3, 0.4) is 0 Å². The topological polar surface area (TPSA) is 63.9 Å². The van der Waals surface area contributed by atoms with E-state index in [2.05, 4.69) is 58.5 Å². The lowest BCUT2D eigenvalue weighted by Gasteiger charge is -2.33. The normalized spacial score (nSPS) is 15.1. The molecular weight excluding hydrogens is 442 g/mol. The van der Waals surface area contributed by atoms with Crippen molar-refractivity contribution in [2.24, 2.45) is 0 Å². The number of carbonyl (C=O) groups excluding carboxylic acids is 1. The molecule has 1 amide bonds. The lowest BCUT2D eigenvalue weighted by atomic mass is 9.87. The van der Waals surface area contributed by atoms with Gasteiger partial charge in [-0.3, -0.25) is 14.3 Å². The van der Waals surface area contributed by atoms with Crippen LogP contribution in [0.4, 0.5) is 0 Å². The maximum atomic E-state index is 13.3. The van der Waals surface area contributed by atoms with Gasteiger partial charge in [0.25, 0.3) is 0 Å². The molecule has 1 aliphatic rings. The van der Waals surface area contributed by atoms with E-state index in [1.165, 1.54) is 22.9 Å². The Labute approximate surface area is 204 Å². The van der Waals surface area contributed by atoms with Crippen molar-refractivity contribution in [2.75, 3.05) is 12.8 Å². The lowest BCUT2D eigenvalue weighted by Crippen LogP contribution is -2.34. The smallest absolute Gasteiger partial charge is 0.233 e. The highest BCUT2D eigenvalue weighted by atomic mass is 32.2. The van der Waals surface area contributed by atoms with Gasteiger partial charge in [-0.05, 0) is 61.1 Å².